The van der Waals surface area contributed by atoms with E-state index in [1.54, 1.807) is 12.1 Å². The van der Waals surface area contributed by atoms with Crippen LogP contribution in [0.1, 0.15) is 5.56 Å². The molecule has 96 valence electrons. The number of benzene rings is 1. The average molecular weight is 250 g/mol. The Bertz CT molecular complexity index is 432. The smallest absolute Gasteiger partial charge is 0.328 e. The lowest BCUT2D eigenvalue weighted by Gasteiger charge is -1.95. The Kier molecular flexibility index (Phi) is 7.36. The van der Waals surface area contributed by atoms with E-state index in [1.165, 1.54) is 0 Å². The highest BCUT2D eigenvalue weighted by Gasteiger charge is 1.89. The summed E-state index contributed by atoms with van der Waals surface area (Å²) in [5, 5.41) is 24.6. The Hall–Kier alpha value is -2.56. The third kappa shape index (κ3) is 8.72. The van der Waals surface area contributed by atoms with Crippen LogP contribution in [-0.2, 0) is 16.0 Å². The number of phenolic OH excluding ortho intramolecular Hbond substituents is 1. The Labute approximate surface area is 104 Å². The number of carboxylic acids is 2. The number of carbonyl (C=O) groups is 2. The molecule has 0 amide bonds. The number of aromatic hydroxyl groups is 1. The molecule has 5 heteroatoms. The lowest BCUT2D eigenvalue weighted by Crippen LogP contribution is -1.91. The van der Waals surface area contributed by atoms with Gasteiger partial charge in [0.25, 0.3) is 0 Å². The first kappa shape index (κ1) is 15.4. The second-order valence-electron chi connectivity index (χ2n) is 3.17. The van der Waals surface area contributed by atoms with Crippen LogP contribution in [0.5, 0.6) is 5.75 Å². The van der Waals surface area contributed by atoms with E-state index in [0.717, 1.165) is 12.0 Å². The third-order valence-corrected chi connectivity index (χ3v) is 1.66. The van der Waals surface area contributed by atoms with Gasteiger partial charge in [-0.1, -0.05) is 18.2 Å². The first-order valence-corrected chi connectivity index (χ1v) is 4.98. The van der Waals surface area contributed by atoms with Crippen molar-refractivity contribution < 1.29 is 24.9 Å². The van der Waals surface area contributed by atoms with Crippen LogP contribution in [-0.4, -0.2) is 27.3 Å². The van der Waals surface area contributed by atoms with Crippen LogP contribution in [0.15, 0.2) is 49.1 Å². The predicted molar refractivity (Wildman–Crippen MR) is 66.4 cm³/mol. The number of hydrogen-bond acceptors (Lipinski definition) is 3. The molecule has 0 aliphatic carbocycles. The molecule has 0 bridgehead atoms. The maximum absolute atomic E-state index is 9.55. The minimum Gasteiger partial charge on any atom is -0.508 e. The van der Waals surface area contributed by atoms with Crippen molar-refractivity contribution in [3.8, 4) is 5.75 Å². The topological polar surface area (TPSA) is 94.8 Å². The molecular weight excluding hydrogens is 236 g/mol. The molecule has 0 radical (unpaired) electrons. The molecular formula is C13H14O5. The summed E-state index contributed by atoms with van der Waals surface area (Å²) >= 11 is 0. The maximum Gasteiger partial charge on any atom is 0.328 e. The van der Waals surface area contributed by atoms with Gasteiger partial charge < -0.3 is 15.3 Å². The lowest BCUT2D eigenvalue weighted by molar-refractivity contribution is -0.134. The van der Waals surface area contributed by atoms with Gasteiger partial charge >= 0.3 is 11.9 Å². The van der Waals surface area contributed by atoms with Crippen molar-refractivity contribution in [2.45, 2.75) is 6.42 Å². The first-order chi connectivity index (χ1) is 8.45. The van der Waals surface area contributed by atoms with Crippen LogP contribution in [0.4, 0.5) is 0 Å². The normalized spacial score (nSPS) is 9.33. The molecule has 0 aliphatic heterocycles. The van der Waals surface area contributed by atoms with Gasteiger partial charge in [-0.3, -0.25) is 0 Å². The molecule has 18 heavy (non-hydrogen) atoms. The van der Waals surface area contributed by atoms with E-state index in [2.05, 4.69) is 6.58 Å². The number of carboxylic acid groups (broad SMARTS) is 2. The summed E-state index contributed by atoms with van der Waals surface area (Å²) in [5.74, 6) is -2.20. The Morgan fingerprint density at radius 1 is 1.17 bits per heavy atom. The Morgan fingerprint density at radius 3 is 2.11 bits per heavy atom. The second kappa shape index (κ2) is 8.58. The second-order valence-corrected chi connectivity index (χ2v) is 3.17. The first-order valence-electron chi connectivity index (χ1n) is 4.98. The molecule has 5 nitrogen and oxygen atoms in total. The van der Waals surface area contributed by atoms with Crippen molar-refractivity contribution in [2.75, 3.05) is 0 Å². The summed E-state index contributed by atoms with van der Waals surface area (Å²) in [6.45, 7) is 3.60. The third-order valence-electron chi connectivity index (χ3n) is 1.66. The van der Waals surface area contributed by atoms with Crippen LogP contribution in [0, 0.1) is 0 Å². The van der Waals surface area contributed by atoms with Crippen molar-refractivity contribution in [3.63, 3.8) is 0 Å². The fourth-order valence-electron chi connectivity index (χ4n) is 0.993. The van der Waals surface area contributed by atoms with Crippen molar-refractivity contribution >= 4 is 11.9 Å². The highest BCUT2D eigenvalue weighted by atomic mass is 16.4. The summed E-state index contributed by atoms with van der Waals surface area (Å²) < 4.78 is 0. The van der Waals surface area contributed by atoms with E-state index in [0.29, 0.717) is 17.9 Å². The monoisotopic (exact) mass is 250 g/mol. The van der Waals surface area contributed by atoms with Crippen LogP contribution < -0.4 is 0 Å². The van der Waals surface area contributed by atoms with Gasteiger partial charge in [0.2, 0.25) is 0 Å². The molecule has 0 aliphatic rings. The zero-order valence-electron chi connectivity index (χ0n) is 9.61. The molecule has 0 unspecified atom stereocenters. The van der Waals surface area contributed by atoms with E-state index in [1.807, 2.05) is 18.2 Å². The molecule has 0 fully saturated rings. The van der Waals surface area contributed by atoms with Crippen molar-refractivity contribution in [2.24, 2.45) is 0 Å². The van der Waals surface area contributed by atoms with E-state index >= 15 is 0 Å². The van der Waals surface area contributed by atoms with E-state index in [4.69, 9.17) is 15.3 Å². The fraction of sp³-hybridized carbons (Fsp3) is 0.0769. The van der Waals surface area contributed by atoms with Crippen LogP contribution in [0.2, 0.25) is 0 Å². The molecule has 0 spiro atoms. The number of rotatable bonds is 4. The summed E-state index contributed by atoms with van der Waals surface area (Å²) in [5.41, 5.74) is 1.09. The van der Waals surface area contributed by atoms with E-state index in [-0.39, 0.29) is 0 Å². The van der Waals surface area contributed by atoms with Gasteiger partial charge in [0.15, 0.2) is 0 Å². The van der Waals surface area contributed by atoms with Crippen LogP contribution in [0.25, 0.3) is 0 Å². The average Bonchev–Trinajstić information content (AvgIpc) is 2.28. The number of allylic oxidation sites excluding steroid dienone is 1. The van der Waals surface area contributed by atoms with Crippen LogP contribution >= 0.6 is 0 Å². The minimum atomic E-state index is -1.26. The molecule has 0 heterocycles. The summed E-state index contributed by atoms with van der Waals surface area (Å²) in [4.78, 5) is 19.1. The van der Waals surface area contributed by atoms with Gasteiger partial charge in [-0.15, -0.1) is 6.58 Å². The summed E-state index contributed by atoms with van der Waals surface area (Å²) in [6, 6.07) is 7.18. The van der Waals surface area contributed by atoms with Gasteiger partial charge in [-0.05, 0) is 24.1 Å². The molecule has 3 N–H and O–H groups in total. The lowest BCUT2D eigenvalue weighted by atomic mass is 10.1. The molecule has 1 aromatic carbocycles. The number of hydrogen-bond donors (Lipinski definition) is 3. The molecule has 1 rings (SSSR count). The van der Waals surface area contributed by atoms with Crippen molar-refractivity contribution in [1.29, 1.82) is 0 Å². The molecule has 0 aromatic heterocycles. The van der Waals surface area contributed by atoms with Gasteiger partial charge in [0.1, 0.15) is 5.75 Å². The van der Waals surface area contributed by atoms with E-state index in [9.17, 15) is 9.59 Å². The van der Waals surface area contributed by atoms with Gasteiger partial charge in [-0.2, -0.15) is 0 Å². The zero-order chi connectivity index (χ0) is 14.0. The van der Waals surface area contributed by atoms with E-state index < -0.39 is 11.9 Å². The molecule has 0 saturated heterocycles. The highest BCUT2D eigenvalue weighted by Crippen LogP contribution is 2.10. The van der Waals surface area contributed by atoms with Gasteiger partial charge in [0, 0.05) is 12.2 Å². The van der Waals surface area contributed by atoms with Crippen molar-refractivity contribution in [1.82, 2.24) is 0 Å². The molecule has 0 atom stereocenters. The highest BCUT2D eigenvalue weighted by molar-refractivity contribution is 5.89. The van der Waals surface area contributed by atoms with Crippen molar-refractivity contribution in [3.05, 3.63) is 54.6 Å². The SMILES string of the molecule is C=CCc1cccc(O)c1.O=C(O)C=CC(=O)O. The summed E-state index contributed by atoms with van der Waals surface area (Å²) in [6.07, 6.45) is 3.74. The number of phenols is 1. The largest absolute Gasteiger partial charge is 0.508 e. The molecule has 1 aromatic rings. The Morgan fingerprint density at radius 2 is 1.72 bits per heavy atom. The Balaban J connectivity index is 0.000000331. The minimum absolute atomic E-state index is 0.319. The summed E-state index contributed by atoms with van der Waals surface area (Å²) in [7, 11) is 0. The predicted octanol–water partition coefficient (Wildman–Crippen LogP) is 1.83. The van der Waals surface area contributed by atoms with Gasteiger partial charge in [-0.25, -0.2) is 9.59 Å². The zero-order valence-corrected chi connectivity index (χ0v) is 9.61. The number of aliphatic carboxylic acids is 2. The quantitative estimate of drug-likeness (QED) is 0.559. The van der Waals surface area contributed by atoms with Crippen LogP contribution in [0.3, 0.4) is 0 Å². The molecule has 0 saturated carbocycles. The maximum atomic E-state index is 9.55. The van der Waals surface area contributed by atoms with Gasteiger partial charge in [0.05, 0.1) is 0 Å². The fourth-order valence-corrected chi connectivity index (χ4v) is 0.993. The standard InChI is InChI=1S/C9H10O.C4H4O4/c1-2-4-8-5-3-6-9(10)7-8;5-3(6)1-2-4(7)8/h2-3,5-7,10H,1,4H2;1-2H,(H,5,6)(H,7,8).